The predicted molar refractivity (Wildman–Crippen MR) is 136 cm³/mol. The van der Waals surface area contributed by atoms with Crippen LogP contribution in [-0.2, 0) is 5.66 Å². The molecule has 1 fully saturated rings. The fourth-order valence-electron chi connectivity index (χ4n) is 5.99. The fraction of sp³-hybridized carbons (Fsp3) is 0.103. The third kappa shape index (κ3) is 2.11. The van der Waals surface area contributed by atoms with Crippen LogP contribution < -0.4 is 0 Å². The lowest BCUT2D eigenvalue weighted by molar-refractivity contribution is 0.515. The lowest BCUT2D eigenvalue weighted by Gasteiger charge is -2.22. The second-order valence-electron chi connectivity index (χ2n) is 9.11. The molecule has 4 heteroatoms. The van der Waals surface area contributed by atoms with E-state index in [1.54, 1.807) is 6.34 Å². The quantitative estimate of drug-likeness (QED) is 0.286. The summed E-state index contributed by atoms with van der Waals surface area (Å²) in [4.78, 5) is 9.92. The van der Waals surface area contributed by atoms with Crippen molar-refractivity contribution < 1.29 is 0 Å². The van der Waals surface area contributed by atoms with E-state index in [2.05, 4.69) is 106 Å². The summed E-state index contributed by atoms with van der Waals surface area (Å²) < 4.78 is 4.82. The van der Waals surface area contributed by atoms with E-state index < -0.39 is 0 Å². The van der Waals surface area contributed by atoms with Gasteiger partial charge in [-0.3, -0.25) is 4.57 Å². The van der Waals surface area contributed by atoms with Gasteiger partial charge in [-0.25, -0.2) is 9.98 Å². The van der Waals surface area contributed by atoms with Crippen LogP contribution >= 0.6 is 0 Å². The summed E-state index contributed by atoms with van der Waals surface area (Å²) in [6.45, 7) is 0. The van der Waals surface area contributed by atoms with Gasteiger partial charge < -0.3 is 4.57 Å². The molecule has 2 aliphatic rings. The van der Waals surface area contributed by atoms with Crippen LogP contribution in [0.5, 0.6) is 0 Å². The molecule has 2 atom stereocenters. The van der Waals surface area contributed by atoms with E-state index in [4.69, 9.17) is 9.98 Å². The van der Waals surface area contributed by atoms with Crippen LogP contribution in [0.25, 0.3) is 43.6 Å². The number of nitrogens with zero attached hydrogens (tertiary/aromatic N) is 4. The summed E-state index contributed by atoms with van der Waals surface area (Å²) in [5.74, 6) is 1.31. The second kappa shape index (κ2) is 5.99. The second-order valence-corrected chi connectivity index (χ2v) is 9.11. The Hall–Kier alpha value is -4.18. The molecule has 4 aromatic carbocycles. The summed E-state index contributed by atoms with van der Waals surface area (Å²) in [5.41, 5.74) is 4.56. The molecule has 0 bridgehead atoms. The average Bonchev–Trinajstić information content (AvgIpc) is 3.40. The minimum Gasteiger partial charge on any atom is -0.314 e. The first-order valence-corrected chi connectivity index (χ1v) is 11.5. The van der Waals surface area contributed by atoms with Crippen LogP contribution in [0.4, 0.5) is 0 Å². The molecular weight excluding hydrogens is 404 g/mol. The Bertz CT molecular complexity index is 1710. The van der Waals surface area contributed by atoms with Gasteiger partial charge in [0.25, 0.3) is 0 Å². The van der Waals surface area contributed by atoms with Crippen molar-refractivity contribution in [3.63, 3.8) is 0 Å². The summed E-state index contributed by atoms with van der Waals surface area (Å²) >= 11 is 0. The van der Waals surface area contributed by atoms with E-state index in [0.29, 0.717) is 0 Å². The number of benzene rings is 4. The number of fused-ring (bicyclic) bond motifs is 7. The molecule has 0 N–H and O–H groups in total. The lowest BCUT2D eigenvalue weighted by Crippen LogP contribution is -2.27. The van der Waals surface area contributed by atoms with E-state index in [1.165, 1.54) is 43.6 Å². The van der Waals surface area contributed by atoms with Gasteiger partial charge in [-0.15, -0.1) is 0 Å². The molecule has 0 saturated heterocycles. The molecule has 0 amide bonds. The van der Waals surface area contributed by atoms with E-state index in [-0.39, 0.29) is 11.6 Å². The van der Waals surface area contributed by atoms with Gasteiger partial charge in [0.15, 0.2) is 0 Å². The highest BCUT2D eigenvalue weighted by atomic mass is 15.3. The zero-order chi connectivity index (χ0) is 21.6. The van der Waals surface area contributed by atoms with Crippen molar-refractivity contribution in [3.8, 4) is 0 Å². The lowest BCUT2D eigenvalue weighted by atomic mass is 10.2. The van der Waals surface area contributed by atoms with E-state index >= 15 is 0 Å². The van der Waals surface area contributed by atoms with E-state index in [1.807, 2.05) is 0 Å². The summed E-state index contributed by atoms with van der Waals surface area (Å²) in [7, 11) is 0. The van der Waals surface area contributed by atoms with Crippen molar-refractivity contribution in [1.29, 1.82) is 0 Å². The molecular formula is C29H20N4. The van der Waals surface area contributed by atoms with Crippen LogP contribution in [-0.4, -0.2) is 21.3 Å². The topological polar surface area (TPSA) is 34.6 Å². The molecule has 0 spiro atoms. The highest BCUT2D eigenvalue weighted by molar-refractivity contribution is 6.16. The Morgan fingerprint density at radius 3 is 1.61 bits per heavy atom. The van der Waals surface area contributed by atoms with Crippen LogP contribution in [0.2, 0.25) is 0 Å². The number of hydrogen-bond acceptors (Lipinski definition) is 2. The fourth-order valence-corrected chi connectivity index (χ4v) is 5.99. The van der Waals surface area contributed by atoms with Gasteiger partial charge in [0.2, 0.25) is 0 Å². The molecule has 2 aromatic heterocycles. The van der Waals surface area contributed by atoms with Crippen LogP contribution in [0, 0.1) is 5.92 Å². The maximum absolute atomic E-state index is 5.04. The molecule has 33 heavy (non-hydrogen) atoms. The van der Waals surface area contributed by atoms with Crippen LogP contribution in [0.1, 0.15) is 6.42 Å². The number of para-hydroxylation sites is 4. The Kier molecular flexibility index (Phi) is 3.15. The first-order chi connectivity index (χ1) is 16.4. The highest BCUT2D eigenvalue weighted by Crippen LogP contribution is 2.57. The monoisotopic (exact) mass is 424 g/mol. The molecule has 156 valence electrons. The van der Waals surface area contributed by atoms with Crippen molar-refractivity contribution in [2.45, 2.75) is 12.1 Å². The number of rotatable bonds is 1. The van der Waals surface area contributed by atoms with Crippen molar-refractivity contribution in [2.24, 2.45) is 15.9 Å². The molecule has 6 aromatic rings. The van der Waals surface area contributed by atoms with E-state index in [9.17, 15) is 0 Å². The summed E-state index contributed by atoms with van der Waals surface area (Å²) in [6.07, 6.45) is 2.73. The van der Waals surface area contributed by atoms with Gasteiger partial charge in [0.1, 0.15) is 17.8 Å². The Labute approximate surface area is 190 Å². The molecule has 0 radical (unpaired) electrons. The van der Waals surface area contributed by atoms with Crippen molar-refractivity contribution in [2.75, 3.05) is 0 Å². The minimum absolute atomic E-state index is 0.223. The van der Waals surface area contributed by atoms with Gasteiger partial charge in [0.05, 0.1) is 28.0 Å². The van der Waals surface area contributed by atoms with Gasteiger partial charge in [-0.2, -0.15) is 0 Å². The van der Waals surface area contributed by atoms with Crippen LogP contribution in [0.3, 0.4) is 0 Å². The van der Waals surface area contributed by atoms with Crippen molar-refractivity contribution in [1.82, 2.24) is 9.13 Å². The van der Waals surface area contributed by atoms with Gasteiger partial charge >= 0.3 is 0 Å². The van der Waals surface area contributed by atoms with Gasteiger partial charge in [-0.1, -0.05) is 72.8 Å². The Balaban J connectivity index is 1.39. The van der Waals surface area contributed by atoms with Gasteiger partial charge in [-0.05, 0) is 24.3 Å². The van der Waals surface area contributed by atoms with Crippen molar-refractivity contribution in [3.05, 3.63) is 97.1 Å². The minimum atomic E-state index is -0.327. The third-order valence-corrected chi connectivity index (χ3v) is 7.46. The summed E-state index contributed by atoms with van der Waals surface area (Å²) in [6, 6.07) is 34.7. The van der Waals surface area contributed by atoms with Crippen molar-refractivity contribution >= 4 is 55.8 Å². The first kappa shape index (κ1) is 17.4. The SMILES string of the molecule is C1=NC2(n3c4ccccc4c4ccccc43)CC2C(n2c3ccccc3c3ccccc32)=N1. The number of hydrogen-bond donors (Lipinski definition) is 0. The molecule has 2 unspecified atom stereocenters. The molecule has 1 aliphatic heterocycles. The summed E-state index contributed by atoms with van der Waals surface area (Å²) in [5, 5.41) is 5.09. The standard InChI is InChI=1S/C29H20N4/c1-5-13-24-19(9-1)20-10-2-6-14-25(20)32(24)28-23-17-29(23,31-18-30-28)33-26-15-7-3-11-21(26)22-12-4-8-16-27(22)33/h1-16,18,23H,17H2. The van der Waals surface area contributed by atoms with E-state index in [0.717, 1.165) is 12.3 Å². The molecule has 1 saturated carbocycles. The normalized spacial score (nSPS) is 21.7. The molecule has 1 aliphatic carbocycles. The maximum atomic E-state index is 5.04. The Morgan fingerprint density at radius 2 is 1.06 bits per heavy atom. The predicted octanol–water partition coefficient (Wildman–Crippen LogP) is 6.56. The maximum Gasteiger partial charge on any atom is 0.149 e. The molecule has 8 rings (SSSR count). The number of aromatic nitrogens is 2. The number of aliphatic imine (C=N–C) groups is 2. The zero-order valence-corrected chi connectivity index (χ0v) is 17.9. The largest absolute Gasteiger partial charge is 0.314 e. The van der Waals surface area contributed by atoms with Gasteiger partial charge in [0, 0.05) is 28.0 Å². The zero-order valence-electron chi connectivity index (χ0n) is 17.9. The highest BCUT2D eigenvalue weighted by Gasteiger charge is 2.61. The smallest absolute Gasteiger partial charge is 0.149 e. The molecule has 3 heterocycles. The molecule has 4 nitrogen and oxygen atoms in total. The third-order valence-electron chi connectivity index (χ3n) is 7.46. The first-order valence-electron chi connectivity index (χ1n) is 11.5. The van der Waals surface area contributed by atoms with Crippen LogP contribution in [0.15, 0.2) is 107 Å². The Morgan fingerprint density at radius 1 is 0.606 bits per heavy atom. The average molecular weight is 425 g/mol.